The quantitative estimate of drug-likeness (QED) is 0.798. The van der Waals surface area contributed by atoms with E-state index in [0.717, 1.165) is 0 Å². The summed E-state index contributed by atoms with van der Waals surface area (Å²) in [6, 6.07) is -1.38. The SMILES string of the molecule is CC(C)C(N)C(=O)N1C(C(=O)O)CSC1C(C)C. The number of hydrogen-bond acceptors (Lipinski definition) is 4. The van der Waals surface area contributed by atoms with Gasteiger partial charge in [-0.2, -0.15) is 0 Å². The number of aliphatic carboxylic acids is 1. The average molecular weight is 274 g/mol. The van der Waals surface area contributed by atoms with Crippen molar-refractivity contribution >= 4 is 23.6 Å². The number of carbonyl (C=O) groups is 2. The Morgan fingerprint density at radius 1 is 1.33 bits per heavy atom. The third-order valence-electron chi connectivity index (χ3n) is 3.15. The fourth-order valence-electron chi connectivity index (χ4n) is 1.97. The molecule has 1 aliphatic heterocycles. The zero-order chi connectivity index (χ0) is 14.0. The number of carbonyl (C=O) groups excluding carboxylic acids is 1. The highest BCUT2D eigenvalue weighted by Gasteiger charge is 2.44. The lowest BCUT2D eigenvalue weighted by Crippen LogP contribution is -2.54. The predicted molar refractivity (Wildman–Crippen MR) is 72.2 cm³/mol. The first-order valence-electron chi connectivity index (χ1n) is 6.19. The highest BCUT2D eigenvalue weighted by atomic mass is 32.2. The molecule has 0 spiro atoms. The van der Waals surface area contributed by atoms with E-state index in [9.17, 15) is 14.7 Å². The first-order valence-corrected chi connectivity index (χ1v) is 7.24. The van der Waals surface area contributed by atoms with Crippen LogP contribution < -0.4 is 5.73 Å². The lowest BCUT2D eigenvalue weighted by Gasteiger charge is -2.32. The van der Waals surface area contributed by atoms with Gasteiger partial charge in [0.2, 0.25) is 5.91 Å². The van der Waals surface area contributed by atoms with Crippen molar-refractivity contribution in [2.45, 2.75) is 45.2 Å². The first-order chi connectivity index (χ1) is 8.27. The van der Waals surface area contributed by atoms with E-state index in [1.54, 1.807) is 0 Å². The Morgan fingerprint density at radius 3 is 2.28 bits per heavy atom. The largest absolute Gasteiger partial charge is 0.480 e. The molecule has 0 aromatic carbocycles. The molecule has 0 aromatic rings. The van der Waals surface area contributed by atoms with Gasteiger partial charge >= 0.3 is 5.97 Å². The molecule has 1 heterocycles. The van der Waals surface area contributed by atoms with Gasteiger partial charge < -0.3 is 15.7 Å². The summed E-state index contributed by atoms with van der Waals surface area (Å²) in [6.45, 7) is 7.71. The second-order valence-corrected chi connectivity index (χ2v) is 6.49. The van der Waals surface area contributed by atoms with Crippen LogP contribution in [0.3, 0.4) is 0 Å². The number of thioether (sulfide) groups is 1. The lowest BCUT2D eigenvalue weighted by atomic mass is 10.0. The van der Waals surface area contributed by atoms with E-state index in [1.807, 2.05) is 27.7 Å². The molecule has 0 aromatic heterocycles. The van der Waals surface area contributed by atoms with Gasteiger partial charge in [-0.15, -0.1) is 11.8 Å². The third kappa shape index (κ3) is 2.98. The molecule has 5 nitrogen and oxygen atoms in total. The standard InChI is InChI=1S/C12H22N2O3S/c1-6(2)9(13)10(15)14-8(12(16)17)5-18-11(14)7(3)4/h6-9,11H,5,13H2,1-4H3,(H,16,17). The molecule has 0 radical (unpaired) electrons. The summed E-state index contributed by atoms with van der Waals surface area (Å²) in [4.78, 5) is 25.0. The van der Waals surface area contributed by atoms with E-state index in [4.69, 9.17) is 5.73 Å². The van der Waals surface area contributed by atoms with Gasteiger partial charge in [-0.25, -0.2) is 4.79 Å². The molecule has 1 saturated heterocycles. The first kappa shape index (κ1) is 15.3. The van der Waals surface area contributed by atoms with E-state index < -0.39 is 18.1 Å². The maximum atomic E-state index is 12.3. The second kappa shape index (κ2) is 5.93. The Labute approximate surface area is 112 Å². The molecule has 6 heteroatoms. The van der Waals surface area contributed by atoms with Crippen molar-refractivity contribution in [2.24, 2.45) is 17.6 Å². The van der Waals surface area contributed by atoms with Crippen LogP contribution in [0.1, 0.15) is 27.7 Å². The minimum atomic E-state index is -0.949. The van der Waals surface area contributed by atoms with Gasteiger partial charge in [0.05, 0.1) is 11.4 Å². The Bertz CT molecular complexity index is 333. The van der Waals surface area contributed by atoms with Crippen LogP contribution in [0.2, 0.25) is 0 Å². The molecule has 0 bridgehead atoms. The third-order valence-corrected chi connectivity index (χ3v) is 4.77. The zero-order valence-corrected chi connectivity index (χ0v) is 12.1. The van der Waals surface area contributed by atoms with Gasteiger partial charge in [0.25, 0.3) is 0 Å². The highest BCUT2D eigenvalue weighted by molar-refractivity contribution is 8.00. The molecule has 104 valence electrons. The van der Waals surface area contributed by atoms with E-state index >= 15 is 0 Å². The van der Waals surface area contributed by atoms with Gasteiger partial charge in [-0.1, -0.05) is 27.7 Å². The van der Waals surface area contributed by atoms with Gasteiger partial charge in [0.1, 0.15) is 6.04 Å². The number of amides is 1. The molecule has 3 N–H and O–H groups in total. The lowest BCUT2D eigenvalue weighted by molar-refractivity contribution is -0.150. The van der Waals surface area contributed by atoms with Gasteiger partial charge in [0, 0.05) is 5.75 Å². The molecule has 0 saturated carbocycles. The van der Waals surface area contributed by atoms with Crippen LogP contribution >= 0.6 is 11.8 Å². The minimum Gasteiger partial charge on any atom is -0.480 e. The molecular weight excluding hydrogens is 252 g/mol. The number of carboxylic acid groups (broad SMARTS) is 1. The number of carboxylic acids is 1. The van der Waals surface area contributed by atoms with Crippen molar-refractivity contribution in [3.8, 4) is 0 Å². The van der Waals surface area contributed by atoms with Crippen LogP contribution in [-0.2, 0) is 9.59 Å². The summed E-state index contributed by atoms with van der Waals surface area (Å²) in [5.74, 6) is -0.543. The van der Waals surface area contributed by atoms with Crippen molar-refractivity contribution in [2.75, 3.05) is 5.75 Å². The number of rotatable bonds is 4. The normalized spacial score (nSPS) is 25.8. The van der Waals surface area contributed by atoms with E-state index in [-0.39, 0.29) is 23.1 Å². The van der Waals surface area contributed by atoms with Crippen LogP contribution in [0, 0.1) is 11.8 Å². The Hall–Kier alpha value is -0.750. The molecule has 18 heavy (non-hydrogen) atoms. The Kier molecular flexibility index (Phi) is 5.04. The maximum Gasteiger partial charge on any atom is 0.327 e. The predicted octanol–water partition coefficient (Wildman–Crippen LogP) is 0.980. The molecule has 1 amide bonds. The maximum absolute atomic E-state index is 12.3. The fourth-order valence-corrected chi connectivity index (χ4v) is 3.45. The second-order valence-electron chi connectivity index (χ2n) is 5.34. The summed E-state index contributed by atoms with van der Waals surface area (Å²) < 4.78 is 0. The monoisotopic (exact) mass is 274 g/mol. The van der Waals surface area contributed by atoms with Gasteiger partial charge in [-0.3, -0.25) is 4.79 Å². The van der Waals surface area contributed by atoms with Crippen LogP contribution in [0.5, 0.6) is 0 Å². The average Bonchev–Trinajstić information content (AvgIpc) is 2.71. The van der Waals surface area contributed by atoms with Crippen molar-refractivity contribution in [1.82, 2.24) is 4.90 Å². The zero-order valence-electron chi connectivity index (χ0n) is 11.3. The van der Waals surface area contributed by atoms with Crippen LogP contribution in [0.25, 0.3) is 0 Å². The molecule has 3 unspecified atom stereocenters. The summed E-state index contributed by atoms with van der Waals surface area (Å²) >= 11 is 1.52. The van der Waals surface area contributed by atoms with Crippen molar-refractivity contribution in [1.29, 1.82) is 0 Å². The van der Waals surface area contributed by atoms with Gasteiger partial charge in [0.15, 0.2) is 0 Å². The van der Waals surface area contributed by atoms with Crippen LogP contribution in [0.15, 0.2) is 0 Å². The highest BCUT2D eigenvalue weighted by Crippen LogP contribution is 2.34. The molecule has 1 aliphatic rings. The summed E-state index contributed by atoms with van der Waals surface area (Å²) in [7, 11) is 0. The van der Waals surface area contributed by atoms with E-state index in [2.05, 4.69) is 0 Å². The number of hydrogen-bond donors (Lipinski definition) is 2. The number of nitrogens with two attached hydrogens (primary N) is 1. The van der Waals surface area contributed by atoms with Crippen LogP contribution in [-0.4, -0.2) is 45.1 Å². The van der Waals surface area contributed by atoms with E-state index in [1.165, 1.54) is 16.7 Å². The molecule has 1 rings (SSSR count). The Balaban J connectivity index is 2.96. The molecular formula is C12H22N2O3S. The molecule has 3 atom stereocenters. The van der Waals surface area contributed by atoms with E-state index in [0.29, 0.717) is 5.75 Å². The van der Waals surface area contributed by atoms with Crippen molar-refractivity contribution in [3.63, 3.8) is 0 Å². The minimum absolute atomic E-state index is 0.00496. The fraction of sp³-hybridized carbons (Fsp3) is 0.833. The van der Waals surface area contributed by atoms with Crippen molar-refractivity contribution < 1.29 is 14.7 Å². The van der Waals surface area contributed by atoms with Gasteiger partial charge in [-0.05, 0) is 11.8 Å². The number of nitrogens with zero attached hydrogens (tertiary/aromatic N) is 1. The van der Waals surface area contributed by atoms with Crippen LogP contribution in [0.4, 0.5) is 0 Å². The summed E-state index contributed by atoms with van der Waals surface area (Å²) in [5, 5.41) is 9.11. The summed E-state index contributed by atoms with van der Waals surface area (Å²) in [6.07, 6.45) is 0. The van der Waals surface area contributed by atoms with Crippen molar-refractivity contribution in [3.05, 3.63) is 0 Å². The summed E-state index contributed by atoms with van der Waals surface area (Å²) in [5.41, 5.74) is 5.87. The molecule has 1 fully saturated rings. The Morgan fingerprint density at radius 2 is 1.89 bits per heavy atom. The smallest absolute Gasteiger partial charge is 0.327 e. The molecule has 0 aliphatic carbocycles. The topological polar surface area (TPSA) is 83.6 Å².